The molecule has 218 valence electrons. The summed E-state index contributed by atoms with van der Waals surface area (Å²) in [6, 6.07) is 13.4. The molecule has 2 saturated heterocycles. The van der Waals surface area contributed by atoms with Crippen molar-refractivity contribution in [3.05, 3.63) is 69.7 Å². The summed E-state index contributed by atoms with van der Waals surface area (Å²) in [5.41, 5.74) is 3.09. The Bertz CT molecular complexity index is 1310. The number of hydrogen-bond acceptors (Lipinski definition) is 5. The molecule has 0 bridgehead atoms. The first kappa shape index (κ1) is 30.5. The van der Waals surface area contributed by atoms with E-state index in [4.69, 9.17) is 11.6 Å². The molecular weight excluding hydrogens is 548 g/mol. The molecule has 0 saturated carbocycles. The molecule has 2 aromatic carbocycles. The van der Waals surface area contributed by atoms with Crippen LogP contribution in [0, 0.1) is 13.8 Å². The third-order valence-electron chi connectivity index (χ3n) is 8.08. The monoisotopic (exact) mass is 588 g/mol. The van der Waals surface area contributed by atoms with Crippen LogP contribution in [-0.4, -0.2) is 96.8 Å². The van der Waals surface area contributed by atoms with Crippen LogP contribution in [0.2, 0.25) is 5.02 Å². The Balaban J connectivity index is 1.46. The van der Waals surface area contributed by atoms with Crippen LogP contribution in [0.25, 0.3) is 0 Å². The number of carbonyl (C=O) groups is 2. The number of likely N-dealkylation sites (tertiary alicyclic amines) is 1. The highest BCUT2D eigenvalue weighted by Gasteiger charge is 2.50. The van der Waals surface area contributed by atoms with E-state index < -0.39 is 15.6 Å². The van der Waals surface area contributed by atoms with Gasteiger partial charge < -0.3 is 14.7 Å². The second-order valence-electron chi connectivity index (χ2n) is 11.5. The Morgan fingerprint density at radius 1 is 0.950 bits per heavy atom. The van der Waals surface area contributed by atoms with Gasteiger partial charge in [0.2, 0.25) is 21.8 Å². The van der Waals surface area contributed by atoms with E-state index in [0.29, 0.717) is 57.1 Å². The summed E-state index contributed by atoms with van der Waals surface area (Å²) >= 11 is 6.07. The van der Waals surface area contributed by atoms with E-state index in [0.717, 1.165) is 22.3 Å². The van der Waals surface area contributed by atoms with E-state index in [9.17, 15) is 18.0 Å². The van der Waals surface area contributed by atoms with Crippen molar-refractivity contribution in [3.63, 3.8) is 0 Å². The number of carbonyl (C=O) groups excluding carboxylic acids is 2. The molecule has 2 aliphatic rings. The van der Waals surface area contributed by atoms with Crippen LogP contribution >= 0.6 is 11.6 Å². The van der Waals surface area contributed by atoms with E-state index in [1.54, 1.807) is 26.2 Å². The summed E-state index contributed by atoms with van der Waals surface area (Å²) in [5, 5.41) is 0.606. The highest BCUT2D eigenvalue weighted by molar-refractivity contribution is 7.89. The second-order valence-corrected chi connectivity index (χ2v) is 14.0. The number of amides is 2. The minimum absolute atomic E-state index is 0.0207. The zero-order valence-corrected chi connectivity index (χ0v) is 25.6. The zero-order chi connectivity index (χ0) is 29.1. The van der Waals surface area contributed by atoms with Crippen LogP contribution in [0.3, 0.4) is 0 Å². The third kappa shape index (κ3) is 7.24. The molecule has 4 rings (SSSR count). The Labute approximate surface area is 243 Å². The summed E-state index contributed by atoms with van der Waals surface area (Å²) in [6.07, 6.45) is 1.13. The Kier molecular flexibility index (Phi) is 9.60. The van der Waals surface area contributed by atoms with Crippen molar-refractivity contribution in [3.8, 4) is 0 Å². The summed E-state index contributed by atoms with van der Waals surface area (Å²) < 4.78 is 27.6. The molecule has 0 radical (unpaired) electrons. The predicted octanol–water partition coefficient (Wildman–Crippen LogP) is 3.49. The normalized spacial score (nSPS) is 20.3. The average molecular weight is 589 g/mol. The van der Waals surface area contributed by atoms with Gasteiger partial charge in [-0.3, -0.25) is 9.59 Å². The number of rotatable bonds is 10. The van der Waals surface area contributed by atoms with E-state index in [-0.39, 0.29) is 30.5 Å². The van der Waals surface area contributed by atoms with Crippen molar-refractivity contribution in [2.75, 3.05) is 52.1 Å². The van der Waals surface area contributed by atoms with E-state index in [1.807, 2.05) is 52.1 Å². The van der Waals surface area contributed by atoms with Gasteiger partial charge in [-0.15, -0.1) is 0 Å². The molecule has 1 atom stereocenters. The first-order valence-corrected chi connectivity index (χ1v) is 15.9. The average Bonchev–Trinajstić information content (AvgIpc) is 2.87. The Hall–Kier alpha value is -2.46. The molecule has 2 heterocycles. The summed E-state index contributed by atoms with van der Waals surface area (Å²) in [7, 11) is -1.43. The van der Waals surface area contributed by atoms with Crippen molar-refractivity contribution in [2.45, 2.75) is 52.1 Å². The number of piperazine rings is 1. The predicted molar refractivity (Wildman–Crippen MR) is 159 cm³/mol. The van der Waals surface area contributed by atoms with Crippen LogP contribution in [-0.2, 0) is 32.6 Å². The Morgan fingerprint density at radius 2 is 1.57 bits per heavy atom. The lowest BCUT2D eigenvalue weighted by molar-refractivity contribution is -0.164. The molecule has 1 unspecified atom stereocenters. The number of sulfonamides is 1. The SMILES string of the molecule is Cc1cc(C)cc(CC(=O)N2CCC2(C)C(=O)N(CCCS(=O)(=O)N2CCN(C)CC2)Cc2ccc(Cl)cc2)c1. The largest absolute Gasteiger partial charge is 0.336 e. The van der Waals surface area contributed by atoms with Crippen LogP contribution in [0.5, 0.6) is 0 Å². The van der Waals surface area contributed by atoms with Crippen LogP contribution in [0.4, 0.5) is 0 Å². The number of aryl methyl sites for hydroxylation is 2. The molecule has 2 fully saturated rings. The minimum Gasteiger partial charge on any atom is -0.336 e. The number of benzene rings is 2. The first-order valence-electron chi connectivity index (χ1n) is 14.0. The van der Waals surface area contributed by atoms with Gasteiger partial charge in [-0.1, -0.05) is 53.1 Å². The zero-order valence-electron chi connectivity index (χ0n) is 24.0. The lowest BCUT2D eigenvalue weighted by Gasteiger charge is -2.51. The van der Waals surface area contributed by atoms with Gasteiger partial charge in [0, 0.05) is 50.8 Å². The fraction of sp³-hybridized carbons (Fsp3) is 0.533. The second kappa shape index (κ2) is 12.6. The smallest absolute Gasteiger partial charge is 0.248 e. The Morgan fingerprint density at radius 3 is 2.15 bits per heavy atom. The maximum absolute atomic E-state index is 14.0. The van der Waals surface area contributed by atoms with Gasteiger partial charge in [-0.05, 0) is 63.9 Å². The van der Waals surface area contributed by atoms with Crippen molar-refractivity contribution in [2.24, 2.45) is 0 Å². The highest BCUT2D eigenvalue weighted by Crippen LogP contribution is 2.34. The van der Waals surface area contributed by atoms with Crippen molar-refractivity contribution >= 4 is 33.4 Å². The molecule has 0 aliphatic carbocycles. The molecular formula is C30H41ClN4O4S. The van der Waals surface area contributed by atoms with Gasteiger partial charge in [0.25, 0.3) is 0 Å². The first-order chi connectivity index (χ1) is 18.9. The van der Waals surface area contributed by atoms with Gasteiger partial charge in [0.05, 0.1) is 12.2 Å². The molecule has 0 N–H and O–H groups in total. The van der Waals surface area contributed by atoms with Crippen molar-refractivity contribution in [1.82, 2.24) is 19.0 Å². The summed E-state index contributed by atoms with van der Waals surface area (Å²) in [5.74, 6) is -0.247. The number of halogens is 1. The summed E-state index contributed by atoms with van der Waals surface area (Å²) in [4.78, 5) is 32.9. The maximum atomic E-state index is 14.0. The molecule has 8 nitrogen and oxygen atoms in total. The fourth-order valence-corrected chi connectivity index (χ4v) is 7.26. The van der Waals surface area contributed by atoms with Crippen molar-refractivity contribution < 1.29 is 18.0 Å². The van der Waals surface area contributed by atoms with Crippen LogP contribution in [0.1, 0.15) is 42.0 Å². The minimum atomic E-state index is -3.41. The fourth-order valence-electron chi connectivity index (χ4n) is 5.66. The molecule has 2 aliphatic heterocycles. The van der Waals surface area contributed by atoms with Gasteiger partial charge in [-0.2, -0.15) is 4.31 Å². The molecule has 10 heteroatoms. The quantitative estimate of drug-likeness (QED) is 0.424. The summed E-state index contributed by atoms with van der Waals surface area (Å²) in [6.45, 7) is 9.38. The standard InChI is InChI=1S/C30H41ClN4O4S/c1-23-18-24(2)20-26(19-23)21-28(36)35-12-10-30(35,3)29(37)33(22-25-6-8-27(31)9-7-25)11-5-17-40(38,39)34-15-13-32(4)14-16-34/h6-9,18-20H,5,10-17,21-22H2,1-4H3. The molecule has 0 aromatic heterocycles. The third-order valence-corrected chi connectivity index (χ3v) is 10.3. The number of nitrogens with zero attached hydrogens (tertiary/aromatic N) is 4. The van der Waals surface area contributed by atoms with Gasteiger partial charge >= 0.3 is 0 Å². The van der Waals surface area contributed by atoms with Gasteiger partial charge in [-0.25, -0.2) is 8.42 Å². The topological polar surface area (TPSA) is 81.2 Å². The van der Waals surface area contributed by atoms with Gasteiger partial charge in [0.1, 0.15) is 5.54 Å². The lowest BCUT2D eigenvalue weighted by atomic mass is 9.84. The number of hydrogen-bond donors (Lipinski definition) is 0. The lowest BCUT2D eigenvalue weighted by Crippen LogP contribution is -2.68. The molecule has 2 aromatic rings. The van der Waals surface area contributed by atoms with Gasteiger partial charge in [0.15, 0.2) is 0 Å². The van der Waals surface area contributed by atoms with Crippen molar-refractivity contribution in [1.29, 1.82) is 0 Å². The number of likely N-dealkylation sites (N-methyl/N-ethyl adjacent to an activating group) is 1. The van der Waals surface area contributed by atoms with E-state index >= 15 is 0 Å². The van der Waals surface area contributed by atoms with E-state index in [2.05, 4.69) is 11.0 Å². The molecule has 40 heavy (non-hydrogen) atoms. The highest BCUT2D eigenvalue weighted by atomic mass is 35.5. The molecule has 2 amide bonds. The van der Waals surface area contributed by atoms with Crippen LogP contribution < -0.4 is 0 Å². The maximum Gasteiger partial charge on any atom is 0.248 e. The molecule has 0 spiro atoms. The van der Waals surface area contributed by atoms with Crippen LogP contribution in [0.15, 0.2) is 42.5 Å². The van der Waals surface area contributed by atoms with E-state index in [1.165, 1.54) is 0 Å².